The maximum absolute atomic E-state index is 12.5. The average Bonchev–Trinajstić information content (AvgIpc) is 3.09. The summed E-state index contributed by atoms with van der Waals surface area (Å²) < 4.78 is 5.55. The van der Waals surface area contributed by atoms with E-state index in [1.165, 1.54) is 37.1 Å². The lowest BCUT2D eigenvalue weighted by Gasteiger charge is -2.30. The number of aliphatic carboxylic acids is 1. The molecule has 1 heterocycles. The second-order valence-electron chi connectivity index (χ2n) is 6.14. The molecule has 1 amide bonds. The fraction of sp³-hybridized carbons (Fsp3) is 0.389. The Balaban J connectivity index is 2.16. The van der Waals surface area contributed by atoms with Gasteiger partial charge in [-0.3, -0.25) is 4.79 Å². The van der Waals surface area contributed by atoms with Gasteiger partial charge < -0.3 is 14.7 Å². The molecular formula is C18H22N2O4S. The van der Waals surface area contributed by atoms with Gasteiger partial charge in [0, 0.05) is 18.0 Å². The van der Waals surface area contributed by atoms with E-state index in [9.17, 15) is 14.7 Å². The zero-order valence-electron chi connectivity index (χ0n) is 14.8. The monoisotopic (exact) mass is 362 g/mol. The number of hydrogen-bond donors (Lipinski definition) is 1. The van der Waals surface area contributed by atoms with Crippen molar-refractivity contribution in [1.82, 2.24) is 9.88 Å². The highest BCUT2D eigenvalue weighted by Crippen LogP contribution is 2.27. The Morgan fingerprint density at radius 2 is 1.92 bits per heavy atom. The van der Waals surface area contributed by atoms with Crippen LogP contribution in [0.3, 0.4) is 0 Å². The Labute approximate surface area is 151 Å². The molecule has 134 valence electrons. The molecule has 25 heavy (non-hydrogen) atoms. The second kappa shape index (κ2) is 7.65. The molecule has 0 saturated heterocycles. The minimum atomic E-state index is -1.31. The minimum absolute atomic E-state index is 0.239. The highest BCUT2D eigenvalue weighted by atomic mass is 32.1. The maximum Gasteiger partial charge on any atom is 0.329 e. The molecule has 0 aliphatic heterocycles. The fourth-order valence-corrected chi connectivity index (χ4v) is 2.79. The van der Waals surface area contributed by atoms with Gasteiger partial charge in [-0.1, -0.05) is 6.92 Å². The number of aromatic nitrogens is 1. The van der Waals surface area contributed by atoms with Gasteiger partial charge in [-0.2, -0.15) is 0 Å². The molecule has 1 N–H and O–H groups in total. The summed E-state index contributed by atoms with van der Waals surface area (Å²) in [5.41, 5.74) is -0.185. The van der Waals surface area contributed by atoms with Gasteiger partial charge in [-0.05, 0) is 44.5 Å². The third-order valence-corrected chi connectivity index (χ3v) is 4.86. The van der Waals surface area contributed by atoms with Crippen LogP contribution in [0.25, 0.3) is 10.6 Å². The number of likely N-dealkylation sites (N-methyl/N-ethyl adjacent to an activating group) is 1. The number of carboxylic acids is 1. The van der Waals surface area contributed by atoms with Crippen LogP contribution >= 0.6 is 11.3 Å². The molecule has 0 radical (unpaired) electrons. The summed E-state index contributed by atoms with van der Waals surface area (Å²) in [5.74, 6) is -0.694. The van der Waals surface area contributed by atoms with E-state index in [-0.39, 0.29) is 5.69 Å². The lowest BCUT2D eigenvalue weighted by Crippen LogP contribution is -2.50. The minimum Gasteiger partial charge on any atom is -0.494 e. The summed E-state index contributed by atoms with van der Waals surface area (Å²) in [4.78, 5) is 29.4. The smallest absolute Gasteiger partial charge is 0.329 e. The Hall–Kier alpha value is -2.41. The van der Waals surface area contributed by atoms with Crippen LogP contribution in [0.1, 0.15) is 37.7 Å². The molecule has 0 atom stereocenters. The largest absolute Gasteiger partial charge is 0.494 e. The first-order chi connectivity index (χ1) is 11.8. The first-order valence-electron chi connectivity index (χ1n) is 7.97. The summed E-state index contributed by atoms with van der Waals surface area (Å²) in [5, 5.41) is 11.6. The van der Waals surface area contributed by atoms with Crippen LogP contribution in [-0.4, -0.2) is 46.1 Å². The van der Waals surface area contributed by atoms with Crippen molar-refractivity contribution < 1.29 is 19.4 Å². The Morgan fingerprint density at radius 3 is 2.48 bits per heavy atom. The van der Waals surface area contributed by atoms with Gasteiger partial charge in [0.15, 0.2) is 0 Å². The maximum atomic E-state index is 12.5. The van der Waals surface area contributed by atoms with Crippen LogP contribution in [0, 0.1) is 0 Å². The summed E-state index contributed by atoms with van der Waals surface area (Å²) >= 11 is 1.34. The highest BCUT2D eigenvalue weighted by molar-refractivity contribution is 7.13. The van der Waals surface area contributed by atoms with Crippen LogP contribution in [0.15, 0.2) is 29.6 Å². The summed E-state index contributed by atoms with van der Waals surface area (Å²) in [7, 11) is 1.47. The molecule has 1 aromatic heterocycles. The van der Waals surface area contributed by atoms with Gasteiger partial charge in [0.2, 0.25) is 0 Å². The molecule has 0 fully saturated rings. The molecule has 0 unspecified atom stereocenters. The molecule has 6 nitrogen and oxygen atoms in total. The number of nitrogens with zero attached hydrogens (tertiary/aromatic N) is 2. The predicted molar refractivity (Wildman–Crippen MR) is 97.1 cm³/mol. The van der Waals surface area contributed by atoms with Crippen molar-refractivity contribution in [3.8, 4) is 16.3 Å². The van der Waals surface area contributed by atoms with E-state index < -0.39 is 17.4 Å². The molecule has 7 heteroatoms. The zero-order chi connectivity index (χ0) is 18.6. The highest BCUT2D eigenvalue weighted by Gasteiger charge is 2.36. The lowest BCUT2D eigenvalue weighted by molar-refractivity contribution is -0.147. The van der Waals surface area contributed by atoms with E-state index in [2.05, 4.69) is 4.98 Å². The Kier molecular flexibility index (Phi) is 5.79. The van der Waals surface area contributed by atoms with Gasteiger partial charge >= 0.3 is 5.97 Å². The van der Waals surface area contributed by atoms with E-state index >= 15 is 0 Å². The number of carbonyl (C=O) groups excluding carboxylic acids is 1. The third kappa shape index (κ3) is 4.17. The van der Waals surface area contributed by atoms with E-state index in [0.717, 1.165) is 17.7 Å². The van der Waals surface area contributed by atoms with E-state index in [4.69, 9.17) is 4.74 Å². The average molecular weight is 362 g/mol. The first-order valence-corrected chi connectivity index (χ1v) is 8.85. The number of carboxylic acid groups (broad SMARTS) is 1. The molecule has 0 bridgehead atoms. The molecule has 0 aliphatic carbocycles. The second-order valence-corrected chi connectivity index (χ2v) is 7.00. The first kappa shape index (κ1) is 18.9. The number of benzene rings is 1. The number of thiazole rings is 1. The van der Waals surface area contributed by atoms with Gasteiger partial charge in [0.05, 0.1) is 6.61 Å². The number of hydrogen-bond acceptors (Lipinski definition) is 5. The Bertz CT molecular complexity index is 753. The molecule has 1 aromatic carbocycles. The normalized spacial score (nSPS) is 11.2. The summed E-state index contributed by atoms with van der Waals surface area (Å²) in [6, 6.07) is 7.52. The molecule has 2 rings (SSSR count). The molecule has 0 saturated carbocycles. The standard InChI is InChI=1S/C18H22N2O4S/c1-5-10-24-13-8-6-12(7-9-13)15-19-14(11-25-15)16(21)20(4)18(2,3)17(22)23/h6-9,11H,5,10H2,1-4H3,(H,22,23). The Morgan fingerprint density at radius 1 is 1.28 bits per heavy atom. The van der Waals surface area contributed by atoms with Crippen molar-refractivity contribution in [3.63, 3.8) is 0 Å². The molecule has 2 aromatic rings. The zero-order valence-corrected chi connectivity index (χ0v) is 15.6. The van der Waals surface area contributed by atoms with Crippen LogP contribution in [0.2, 0.25) is 0 Å². The van der Waals surface area contributed by atoms with Crippen LogP contribution in [-0.2, 0) is 4.79 Å². The summed E-state index contributed by atoms with van der Waals surface area (Å²) in [6.07, 6.45) is 0.944. The van der Waals surface area contributed by atoms with Crippen LogP contribution < -0.4 is 4.74 Å². The van der Waals surface area contributed by atoms with Gasteiger partial charge in [-0.25, -0.2) is 9.78 Å². The van der Waals surface area contributed by atoms with Crippen molar-refractivity contribution in [1.29, 1.82) is 0 Å². The van der Waals surface area contributed by atoms with Crippen molar-refractivity contribution in [2.75, 3.05) is 13.7 Å². The number of ether oxygens (including phenoxy) is 1. The molecule has 0 spiro atoms. The van der Waals surface area contributed by atoms with Crippen LogP contribution in [0.5, 0.6) is 5.75 Å². The van der Waals surface area contributed by atoms with Crippen molar-refractivity contribution in [2.24, 2.45) is 0 Å². The topological polar surface area (TPSA) is 79.7 Å². The molecular weight excluding hydrogens is 340 g/mol. The van der Waals surface area contributed by atoms with Crippen molar-refractivity contribution >= 4 is 23.2 Å². The fourth-order valence-electron chi connectivity index (χ4n) is 1.99. The van der Waals surface area contributed by atoms with Gasteiger partial charge in [0.1, 0.15) is 22.0 Å². The number of carbonyl (C=O) groups is 2. The van der Waals surface area contributed by atoms with Gasteiger partial charge in [0.25, 0.3) is 5.91 Å². The number of rotatable bonds is 7. The van der Waals surface area contributed by atoms with Crippen molar-refractivity contribution in [3.05, 3.63) is 35.3 Å². The van der Waals surface area contributed by atoms with Crippen molar-refractivity contribution in [2.45, 2.75) is 32.7 Å². The lowest BCUT2D eigenvalue weighted by atomic mass is 10.0. The summed E-state index contributed by atoms with van der Waals surface area (Å²) in [6.45, 7) is 5.68. The van der Waals surface area contributed by atoms with E-state index in [1.54, 1.807) is 5.38 Å². The number of amides is 1. The van der Waals surface area contributed by atoms with E-state index in [0.29, 0.717) is 11.6 Å². The van der Waals surface area contributed by atoms with Gasteiger partial charge in [-0.15, -0.1) is 11.3 Å². The van der Waals surface area contributed by atoms with E-state index in [1.807, 2.05) is 31.2 Å². The molecule has 0 aliphatic rings. The predicted octanol–water partition coefficient (Wildman–Crippen LogP) is 3.53. The SMILES string of the molecule is CCCOc1ccc(-c2nc(C(=O)N(C)C(C)(C)C(=O)O)cs2)cc1. The third-order valence-electron chi connectivity index (χ3n) is 3.96. The quantitative estimate of drug-likeness (QED) is 0.815. The van der Waals surface area contributed by atoms with Crippen LogP contribution in [0.4, 0.5) is 0 Å².